The number of nitrogens with one attached hydrogen (secondary N) is 1. The van der Waals surface area contributed by atoms with Crippen LogP contribution in [0.2, 0.25) is 10.0 Å². The highest BCUT2D eigenvalue weighted by Crippen LogP contribution is 2.25. The lowest BCUT2D eigenvalue weighted by Crippen LogP contribution is -2.47. The van der Waals surface area contributed by atoms with Gasteiger partial charge < -0.3 is 14.8 Å². The van der Waals surface area contributed by atoms with Gasteiger partial charge in [0.1, 0.15) is 11.9 Å². The second kappa shape index (κ2) is 8.56. The molecule has 0 spiro atoms. The smallest absolute Gasteiger partial charge is 0.263 e. The monoisotopic (exact) mass is 381 g/mol. The van der Waals surface area contributed by atoms with Gasteiger partial charge in [-0.15, -0.1) is 0 Å². The number of benzene rings is 2. The number of carbonyl (C=O) groups excluding carboxylic acids is 1. The van der Waals surface area contributed by atoms with Gasteiger partial charge in [-0.25, -0.2) is 0 Å². The third-order valence-electron chi connectivity index (χ3n) is 3.72. The number of ether oxygens (including phenoxy) is 2. The van der Waals surface area contributed by atoms with Crippen molar-refractivity contribution in [2.24, 2.45) is 0 Å². The Morgan fingerprint density at radius 2 is 1.76 bits per heavy atom. The van der Waals surface area contributed by atoms with E-state index in [9.17, 15) is 4.79 Å². The Balaban J connectivity index is 1.99. The zero-order valence-electron chi connectivity index (χ0n) is 14.4. The van der Waals surface area contributed by atoms with Gasteiger partial charge in [0.05, 0.1) is 0 Å². The molecule has 2 aromatic rings. The average Bonchev–Trinajstić information content (AvgIpc) is 2.58. The Kier molecular flexibility index (Phi) is 6.71. The van der Waals surface area contributed by atoms with Gasteiger partial charge in [0, 0.05) is 29.3 Å². The molecule has 2 aromatic carbocycles. The number of rotatable bonds is 7. The van der Waals surface area contributed by atoms with E-state index < -0.39 is 5.60 Å². The van der Waals surface area contributed by atoms with Gasteiger partial charge in [0.15, 0.2) is 5.60 Å². The van der Waals surface area contributed by atoms with E-state index in [1.807, 2.05) is 18.2 Å². The van der Waals surface area contributed by atoms with Crippen LogP contribution in [0.4, 0.5) is 0 Å². The third kappa shape index (κ3) is 5.36. The quantitative estimate of drug-likeness (QED) is 0.758. The number of carbonyl (C=O) groups is 1. The van der Waals surface area contributed by atoms with Crippen molar-refractivity contribution < 1.29 is 14.3 Å². The van der Waals surface area contributed by atoms with Crippen molar-refractivity contribution in [2.75, 3.05) is 13.7 Å². The van der Waals surface area contributed by atoms with E-state index in [0.717, 1.165) is 5.56 Å². The molecule has 0 radical (unpaired) electrons. The van der Waals surface area contributed by atoms with E-state index >= 15 is 0 Å². The van der Waals surface area contributed by atoms with Gasteiger partial charge in [-0.3, -0.25) is 4.79 Å². The molecular weight excluding hydrogens is 361 g/mol. The zero-order chi connectivity index (χ0) is 18.4. The fraction of sp³-hybridized carbons (Fsp3) is 0.316. The van der Waals surface area contributed by atoms with E-state index in [2.05, 4.69) is 5.32 Å². The number of hydrogen-bond donors (Lipinski definition) is 1. The Labute approximate surface area is 158 Å². The molecule has 1 N–H and O–H groups in total. The lowest BCUT2D eigenvalue weighted by atomic mass is 10.1. The predicted molar refractivity (Wildman–Crippen MR) is 100 cm³/mol. The summed E-state index contributed by atoms with van der Waals surface area (Å²) in [6, 6.07) is 14.3. The molecule has 25 heavy (non-hydrogen) atoms. The SMILES string of the molecule is COC(CNC(=O)C(C)(C)Oc1ccc(Cl)cc1)c1ccccc1Cl. The van der Waals surface area contributed by atoms with Crippen LogP contribution in [-0.2, 0) is 9.53 Å². The minimum absolute atomic E-state index is 0.253. The molecule has 1 atom stereocenters. The van der Waals surface area contributed by atoms with Crippen LogP contribution in [0.1, 0.15) is 25.5 Å². The van der Waals surface area contributed by atoms with Crippen LogP contribution in [0.15, 0.2) is 48.5 Å². The maximum Gasteiger partial charge on any atom is 0.263 e. The van der Waals surface area contributed by atoms with Crippen LogP contribution in [0, 0.1) is 0 Å². The molecule has 0 fully saturated rings. The summed E-state index contributed by atoms with van der Waals surface area (Å²) in [7, 11) is 1.58. The maximum absolute atomic E-state index is 12.5. The van der Waals surface area contributed by atoms with Gasteiger partial charge in [0.2, 0.25) is 0 Å². The summed E-state index contributed by atoms with van der Waals surface area (Å²) in [6.07, 6.45) is -0.344. The Morgan fingerprint density at radius 3 is 2.36 bits per heavy atom. The molecule has 0 bridgehead atoms. The average molecular weight is 382 g/mol. The summed E-state index contributed by atoms with van der Waals surface area (Å²) in [6.45, 7) is 3.69. The molecule has 0 aliphatic carbocycles. The fourth-order valence-electron chi connectivity index (χ4n) is 2.30. The van der Waals surface area contributed by atoms with Crippen molar-refractivity contribution in [1.82, 2.24) is 5.32 Å². The number of amides is 1. The van der Waals surface area contributed by atoms with Crippen molar-refractivity contribution in [3.8, 4) is 5.75 Å². The molecule has 0 aromatic heterocycles. The van der Waals surface area contributed by atoms with Gasteiger partial charge >= 0.3 is 0 Å². The summed E-state index contributed by atoms with van der Waals surface area (Å²) < 4.78 is 11.2. The summed E-state index contributed by atoms with van der Waals surface area (Å²) in [5.41, 5.74) is -0.226. The van der Waals surface area contributed by atoms with Crippen LogP contribution < -0.4 is 10.1 Å². The third-order valence-corrected chi connectivity index (χ3v) is 4.31. The molecule has 6 heteroatoms. The lowest BCUT2D eigenvalue weighted by molar-refractivity contribution is -0.134. The second-order valence-electron chi connectivity index (χ2n) is 6.02. The number of methoxy groups -OCH3 is 1. The van der Waals surface area contributed by atoms with Crippen LogP contribution in [0.25, 0.3) is 0 Å². The van der Waals surface area contributed by atoms with Crippen LogP contribution in [-0.4, -0.2) is 25.2 Å². The predicted octanol–water partition coefficient (Wildman–Crippen LogP) is 4.65. The normalized spacial score (nSPS) is 12.5. The molecule has 2 rings (SSSR count). The summed E-state index contributed by atoms with van der Waals surface area (Å²) >= 11 is 12.1. The first-order chi connectivity index (χ1) is 11.8. The minimum atomic E-state index is -1.05. The zero-order valence-corrected chi connectivity index (χ0v) is 15.9. The second-order valence-corrected chi connectivity index (χ2v) is 6.87. The molecule has 1 unspecified atom stereocenters. The standard InChI is InChI=1S/C19H21Cl2NO3/c1-19(2,25-14-10-8-13(20)9-11-14)18(23)22-12-17(24-3)15-6-4-5-7-16(15)21/h4-11,17H,12H2,1-3H3,(H,22,23). The first-order valence-electron chi connectivity index (χ1n) is 7.83. The largest absolute Gasteiger partial charge is 0.478 e. The Hall–Kier alpha value is -1.75. The molecule has 0 saturated heterocycles. The van der Waals surface area contributed by atoms with Gasteiger partial charge in [-0.2, -0.15) is 0 Å². The molecular formula is C19H21Cl2NO3. The molecule has 1 amide bonds. The number of hydrogen-bond acceptors (Lipinski definition) is 3. The first-order valence-corrected chi connectivity index (χ1v) is 8.59. The van der Waals surface area contributed by atoms with Crippen molar-refractivity contribution >= 4 is 29.1 Å². The van der Waals surface area contributed by atoms with E-state index in [4.69, 9.17) is 32.7 Å². The topological polar surface area (TPSA) is 47.6 Å². The van der Waals surface area contributed by atoms with Crippen molar-refractivity contribution in [3.63, 3.8) is 0 Å². The molecule has 0 aliphatic rings. The summed E-state index contributed by atoms with van der Waals surface area (Å²) in [5.74, 6) is 0.315. The fourth-order valence-corrected chi connectivity index (χ4v) is 2.68. The first kappa shape index (κ1) is 19.6. The van der Waals surface area contributed by atoms with Gasteiger partial charge in [0.25, 0.3) is 5.91 Å². The van der Waals surface area contributed by atoms with Crippen LogP contribution >= 0.6 is 23.2 Å². The van der Waals surface area contributed by atoms with E-state index in [0.29, 0.717) is 15.8 Å². The molecule has 0 saturated carbocycles. The highest BCUT2D eigenvalue weighted by molar-refractivity contribution is 6.31. The maximum atomic E-state index is 12.5. The van der Waals surface area contributed by atoms with E-state index in [1.165, 1.54) is 0 Å². The minimum Gasteiger partial charge on any atom is -0.478 e. The lowest BCUT2D eigenvalue weighted by Gasteiger charge is -2.26. The Bertz CT molecular complexity index is 717. The molecule has 0 heterocycles. The highest BCUT2D eigenvalue weighted by Gasteiger charge is 2.30. The molecule has 0 aliphatic heterocycles. The molecule has 134 valence electrons. The molecule has 4 nitrogen and oxygen atoms in total. The van der Waals surface area contributed by atoms with E-state index in [1.54, 1.807) is 51.3 Å². The summed E-state index contributed by atoms with van der Waals surface area (Å²) in [4.78, 5) is 12.5. The van der Waals surface area contributed by atoms with Crippen molar-refractivity contribution in [3.05, 3.63) is 64.1 Å². The van der Waals surface area contributed by atoms with Crippen molar-refractivity contribution in [1.29, 1.82) is 0 Å². The number of halogens is 2. The van der Waals surface area contributed by atoms with Crippen LogP contribution in [0.3, 0.4) is 0 Å². The van der Waals surface area contributed by atoms with E-state index in [-0.39, 0.29) is 18.6 Å². The van der Waals surface area contributed by atoms with Crippen molar-refractivity contribution in [2.45, 2.75) is 25.6 Å². The van der Waals surface area contributed by atoms with Gasteiger partial charge in [-0.05, 0) is 44.2 Å². The van der Waals surface area contributed by atoms with Crippen LogP contribution in [0.5, 0.6) is 5.75 Å². The highest BCUT2D eigenvalue weighted by atomic mass is 35.5. The van der Waals surface area contributed by atoms with Gasteiger partial charge in [-0.1, -0.05) is 41.4 Å². The Morgan fingerprint density at radius 1 is 1.12 bits per heavy atom. The summed E-state index contributed by atoms with van der Waals surface area (Å²) in [5, 5.41) is 4.06.